The van der Waals surface area contributed by atoms with Gasteiger partial charge in [-0.3, -0.25) is 10.1 Å². The number of thioether (sulfide) groups is 1. The molecule has 0 aliphatic rings. The Kier molecular flexibility index (Phi) is 5.55. The number of nitrogens with one attached hydrogen (secondary N) is 2. The van der Waals surface area contributed by atoms with Crippen LogP contribution < -0.4 is 10.6 Å². The normalized spacial score (nSPS) is 11.5. The van der Waals surface area contributed by atoms with Crippen molar-refractivity contribution in [1.29, 1.82) is 0 Å². The summed E-state index contributed by atoms with van der Waals surface area (Å²) in [4.78, 5) is 24.4. The third kappa shape index (κ3) is 4.33. The van der Waals surface area contributed by atoms with Crippen molar-refractivity contribution in [3.8, 4) is 0 Å². The fourth-order valence-corrected chi connectivity index (χ4v) is 2.81. The van der Waals surface area contributed by atoms with Crippen LogP contribution in [-0.4, -0.2) is 19.0 Å². The van der Waals surface area contributed by atoms with Gasteiger partial charge in [0.15, 0.2) is 0 Å². The predicted octanol–water partition coefficient (Wildman–Crippen LogP) is 3.11. The molecular formula is C16H15FN2O2S. The van der Waals surface area contributed by atoms with E-state index in [2.05, 4.69) is 10.6 Å². The molecule has 0 aliphatic heterocycles. The SMILES string of the molecule is CNC(=O)NC(=O)[C@H](Sc1ccc(F)cc1)c1ccccc1. The molecule has 1 atom stereocenters. The molecular weight excluding hydrogens is 303 g/mol. The Morgan fingerprint density at radius 1 is 1.05 bits per heavy atom. The minimum Gasteiger partial charge on any atom is -0.341 e. The van der Waals surface area contributed by atoms with Gasteiger partial charge in [0.2, 0.25) is 5.91 Å². The minimum absolute atomic E-state index is 0.338. The summed E-state index contributed by atoms with van der Waals surface area (Å²) in [6.45, 7) is 0. The lowest BCUT2D eigenvalue weighted by molar-refractivity contribution is -0.119. The molecule has 0 aromatic heterocycles. The number of imide groups is 1. The molecule has 2 aromatic rings. The van der Waals surface area contributed by atoms with Gasteiger partial charge >= 0.3 is 6.03 Å². The van der Waals surface area contributed by atoms with E-state index in [0.29, 0.717) is 0 Å². The highest BCUT2D eigenvalue weighted by atomic mass is 32.2. The number of hydrogen-bond acceptors (Lipinski definition) is 3. The quantitative estimate of drug-likeness (QED) is 0.852. The molecule has 2 aromatic carbocycles. The molecule has 2 rings (SSSR count). The Balaban J connectivity index is 2.23. The highest BCUT2D eigenvalue weighted by Gasteiger charge is 2.23. The van der Waals surface area contributed by atoms with Crippen molar-refractivity contribution < 1.29 is 14.0 Å². The van der Waals surface area contributed by atoms with E-state index in [1.807, 2.05) is 30.3 Å². The number of rotatable bonds is 4. The summed E-state index contributed by atoms with van der Waals surface area (Å²) in [5.41, 5.74) is 0.762. The Labute approximate surface area is 132 Å². The van der Waals surface area contributed by atoms with Crippen LogP contribution in [0.5, 0.6) is 0 Å². The lowest BCUT2D eigenvalue weighted by atomic mass is 10.1. The fourth-order valence-electron chi connectivity index (χ4n) is 1.79. The molecule has 0 radical (unpaired) electrons. The van der Waals surface area contributed by atoms with Crippen LogP contribution in [0.25, 0.3) is 0 Å². The highest BCUT2D eigenvalue weighted by molar-refractivity contribution is 8.00. The molecule has 3 amide bonds. The zero-order chi connectivity index (χ0) is 15.9. The first-order chi connectivity index (χ1) is 10.6. The largest absolute Gasteiger partial charge is 0.341 e. The lowest BCUT2D eigenvalue weighted by Crippen LogP contribution is -2.39. The van der Waals surface area contributed by atoms with E-state index in [1.54, 1.807) is 12.1 Å². The van der Waals surface area contributed by atoms with Gasteiger partial charge in [-0.15, -0.1) is 11.8 Å². The zero-order valence-electron chi connectivity index (χ0n) is 11.9. The van der Waals surface area contributed by atoms with Crippen LogP contribution in [0, 0.1) is 5.82 Å². The molecule has 0 fully saturated rings. The van der Waals surface area contributed by atoms with Gasteiger partial charge in [-0.25, -0.2) is 9.18 Å². The number of halogens is 1. The Hall–Kier alpha value is -2.34. The number of hydrogen-bond donors (Lipinski definition) is 2. The molecule has 0 saturated carbocycles. The standard InChI is InChI=1S/C16H15FN2O2S/c1-18-16(21)19-15(20)14(11-5-3-2-4-6-11)22-13-9-7-12(17)8-10-13/h2-10,14H,1H3,(H2,18,19,20,21)/t14-/m1/s1. The van der Waals surface area contributed by atoms with Gasteiger partial charge in [0.1, 0.15) is 11.1 Å². The second-order valence-electron chi connectivity index (χ2n) is 4.43. The van der Waals surface area contributed by atoms with Gasteiger partial charge in [0.25, 0.3) is 0 Å². The molecule has 0 saturated heterocycles. The molecule has 6 heteroatoms. The molecule has 0 bridgehead atoms. The third-order valence-corrected chi connectivity index (χ3v) is 4.14. The van der Waals surface area contributed by atoms with Crippen molar-refractivity contribution >= 4 is 23.7 Å². The molecule has 0 aliphatic carbocycles. The van der Waals surface area contributed by atoms with Crippen molar-refractivity contribution in [2.24, 2.45) is 0 Å². The molecule has 2 N–H and O–H groups in total. The second kappa shape index (κ2) is 7.61. The van der Waals surface area contributed by atoms with Crippen LogP contribution >= 0.6 is 11.8 Å². The summed E-state index contributed by atoms with van der Waals surface area (Å²) in [5, 5.41) is 4.01. The Bertz CT molecular complexity index is 647. The van der Waals surface area contributed by atoms with Gasteiger partial charge in [-0.2, -0.15) is 0 Å². The maximum absolute atomic E-state index is 13.0. The van der Waals surface area contributed by atoms with Crippen molar-refractivity contribution in [2.45, 2.75) is 10.1 Å². The second-order valence-corrected chi connectivity index (χ2v) is 5.61. The van der Waals surface area contributed by atoms with Crippen LogP contribution in [0.1, 0.15) is 10.8 Å². The van der Waals surface area contributed by atoms with Crippen LogP contribution in [-0.2, 0) is 4.79 Å². The molecule has 0 heterocycles. The number of carbonyl (C=O) groups excluding carboxylic acids is 2. The molecule has 4 nitrogen and oxygen atoms in total. The van der Waals surface area contributed by atoms with E-state index in [4.69, 9.17) is 0 Å². The van der Waals surface area contributed by atoms with Crippen LogP contribution in [0.3, 0.4) is 0 Å². The smallest absolute Gasteiger partial charge is 0.321 e. The Morgan fingerprint density at radius 2 is 1.68 bits per heavy atom. The number of amides is 3. The summed E-state index contributed by atoms with van der Waals surface area (Å²) in [6.07, 6.45) is 0. The molecule has 0 unspecified atom stereocenters. The Morgan fingerprint density at radius 3 is 2.27 bits per heavy atom. The summed E-state index contributed by atoms with van der Waals surface area (Å²) in [5.74, 6) is -0.768. The van der Waals surface area contributed by atoms with Crippen LogP contribution in [0.2, 0.25) is 0 Å². The predicted molar refractivity (Wildman–Crippen MR) is 84.0 cm³/mol. The van der Waals surface area contributed by atoms with Gasteiger partial charge < -0.3 is 5.32 Å². The van der Waals surface area contributed by atoms with Gasteiger partial charge in [-0.05, 0) is 29.8 Å². The summed E-state index contributed by atoms with van der Waals surface area (Å²) in [6, 6.07) is 14.4. The first-order valence-corrected chi connectivity index (χ1v) is 7.48. The van der Waals surface area contributed by atoms with Crippen molar-refractivity contribution in [2.75, 3.05) is 7.05 Å². The van der Waals surface area contributed by atoms with Crippen LogP contribution in [0.15, 0.2) is 59.5 Å². The van der Waals surface area contributed by atoms with Crippen LogP contribution in [0.4, 0.5) is 9.18 Å². The average Bonchev–Trinajstić information content (AvgIpc) is 2.54. The van der Waals surface area contributed by atoms with Gasteiger partial charge in [0.05, 0.1) is 0 Å². The third-order valence-electron chi connectivity index (χ3n) is 2.87. The monoisotopic (exact) mass is 318 g/mol. The van der Waals surface area contributed by atoms with E-state index in [9.17, 15) is 14.0 Å². The highest BCUT2D eigenvalue weighted by Crippen LogP contribution is 2.35. The van der Waals surface area contributed by atoms with Crippen molar-refractivity contribution in [3.05, 3.63) is 66.0 Å². The summed E-state index contributed by atoms with van der Waals surface area (Å²) >= 11 is 1.25. The fraction of sp³-hybridized carbons (Fsp3) is 0.125. The average molecular weight is 318 g/mol. The van der Waals surface area contributed by atoms with Gasteiger partial charge in [0, 0.05) is 11.9 Å². The molecule has 0 spiro atoms. The van der Waals surface area contributed by atoms with Gasteiger partial charge in [-0.1, -0.05) is 30.3 Å². The van der Waals surface area contributed by atoms with E-state index in [-0.39, 0.29) is 5.82 Å². The minimum atomic E-state index is -0.607. The summed E-state index contributed by atoms with van der Waals surface area (Å²) < 4.78 is 13.0. The molecule has 22 heavy (non-hydrogen) atoms. The van der Waals surface area contributed by atoms with E-state index < -0.39 is 17.2 Å². The lowest BCUT2D eigenvalue weighted by Gasteiger charge is -2.16. The first-order valence-electron chi connectivity index (χ1n) is 6.60. The van der Waals surface area contributed by atoms with E-state index in [1.165, 1.54) is 30.9 Å². The number of benzene rings is 2. The van der Waals surface area contributed by atoms with E-state index in [0.717, 1.165) is 10.5 Å². The maximum Gasteiger partial charge on any atom is 0.321 e. The number of urea groups is 1. The van der Waals surface area contributed by atoms with Crippen molar-refractivity contribution in [3.63, 3.8) is 0 Å². The van der Waals surface area contributed by atoms with E-state index >= 15 is 0 Å². The first kappa shape index (κ1) is 16.0. The topological polar surface area (TPSA) is 58.2 Å². The molecule has 114 valence electrons. The van der Waals surface area contributed by atoms with Crippen molar-refractivity contribution in [1.82, 2.24) is 10.6 Å². The maximum atomic E-state index is 13.0. The zero-order valence-corrected chi connectivity index (χ0v) is 12.7. The number of carbonyl (C=O) groups is 2. The summed E-state index contributed by atoms with van der Waals surface area (Å²) in [7, 11) is 1.44.